The zero-order chi connectivity index (χ0) is 28.5. The van der Waals surface area contributed by atoms with Crippen LogP contribution in [0.25, 0.3) is 0 Å². The zero-order valence-electron chi connectivity index (χ0n) is 25.6. The lowest BCUT2D eigenvalue weighted by molar-refractivity contribution is -0.0905. The van der Waals surface area contributed by atoms with Crippen LogP contribution < -0.4 is 0 Å². The summed E-state index contributed by atoms with van der Waals surface area (Å²) in [4.78, 5) is 11.9. The molecular formula is C36H52O4. The molecule has 40 heavy (non-hydrogen) atoms. The van der Waals surface area contributed by atoms with Gasteiger partial charge in [0, 0.05) is 0 Å². The summed E-state index contributed by atoms with van der Waals surface area (Å²) >= 11 is 0. The van der Waals surface area contributed by atoms with Gasteiger partial charge in [0.05, 0.1) is 12.7 Å². The molecule has 0 amide bonds. The summed E-state index contributed by atoms with van der Waals surface area (Å²) in [5, 5.41) is 10.8. The Balaban J connectivity index is 1.09. The monoisotopic (exact) mass is 548 g/mol. The van der Waals surface area contributed by atoms with E-state index in [-0.39, 0.29) is 23.5 Å². The van der Waals surface area contributed by atoms with Gasteiger partial charge in [-0.3, -0.25) is 0 Å². The molecule has 1 saturated carbocycles. The van der Waals surface area contributed by atoms with E-state index >= 15 is 0 Å². The van der Waals surface area contributed by atoms with Gasteiger partial charge in [0.15, 0.2) is 0 Å². The Morgan fingerprint density at radius 1 is 0.975 bits per heavy atom. The first-order valence-electron chi connectivity index (χ1n) is 16.0. The quantitative estimate of drug-likeness (QED) is 0.247. The van der Waals surface area contributed by atoms with Gasteiger partial charge < -0.3 is 14.6 Å². The van der Waals surface area contributed by atoms with Crippen LogP contribution in [0.15, 0.2) is 53.1 Å². The van der Waals surface area contributed by atoms with Crippen molar-refractivity contribution >= 4 is 6.16 Å². The van der Waals surface area contributed by atoms with Crippen LogP contribution in [0.1, 0.15) is 111 Å². The van der Waals surface area contributed by atoms with Gasteiger partial charge in [-0.2, -0.15) is 0 Å². The lowest BCUT2D eigenvalue weighted by atomic mass is 9.46. The van der Waals surface area contributed by atoms with E-state index in [0.29, 0.717) is 23.9 Å². The average molecular weight is 549 g/mol. The van der Waals surface area contributed by atoms with E-state index in [1.807, 2.05) is 30.3 Å². The number of unbranched alkanes of at least 4 members (excludes halogenated alkanes) is 2. The van der Waals surface area contributed by atoms with Crippen molar-refractivity contribution in [2.75, 3.05) is 6.61 Å². The maximum atomic E-state index is 11.9. The number of aliphatic hydroxyl groups excluding tert-OH is 1. The normalized spacial score (nSPS) is 33.4. The number of aliphatic hydroxyl groups is 1. The van der Waals surface area contributed by atoms with E-state index in [1.54, 1.807) is 16.7 Å². The highest BCUT2D eigenvalue weighted by atomic mass is 16.7. The van der Waals surface area contributed by atoms with Crippen LogP contribution in [0.3, 0.4) is 0 Å². The summed E-state index contributed by atoms with van der Waals surface area (Å²) in [6.45, 7) is 12.9. The number of ether oxygens (including phenoxy) is 2. The number of carbonyl (C=O) groups excluding carboxylic acids is 1. The molecule has 1 aromatic carbocycles. The molecule has 0 aromatic heterocycles. The van der Waals surface area contributed by atoms with Crippen LogP contribution >= 0.6 is 0 Å². The second kappa shape index (κ2) is 11.7. The average Bonchev–Trinajstić information content (AvgIpc) is 3.29. The molecule has 0 aliphatic heterocycles. The maximum Gasteiger partial charge on any atom is 0.508 e. The molecule has 0 heterocycles. The van der Waals surface area contributed by atoms with Crippen LogP contribution in [0, 0.1) is 34.0 Å². The van der Waals surface area contributed by atoms with Gasteiger partial charge >= 0.3 is 6.16 Å². The largest absolute Gasteiger partial charge is 0.508 e. The molecule has 4 nitrogen and oxygen atoms in total. The number of hydrogen-bond donors (Lipinski definition) is 1. The first kappa shape index (κ1) is 29.4. The Kier molecular flexibility index (Phi) is 8.58. The molecule has 0 unspecified atom stereocenters. The number of hydrogen-bond acceptors (Lipinski definition) is 4. The van der Waals surface area contributed by atoms with Crippen LogP contribution in [0.5, 0.6) is 0 Å². The summed E-state index contributed by atoms with van der Waals surface area (Å²) in [5.74, 6) is 1.99. The molecule has 0 radical (unpaired) electrons. The summed E-state index contributed by atoms with van der Waals surface area (Å²) in [6.07, 6.45) is 14.5. The Labute approximate surface area is 242 Å². The number of rotatable bonds is 9. The van der Waals surface area contributed by atoms with E-state index in [1.165, 1.54) is 44.9 Å². The van der Waals surface area contributed by atoms with Crippen LogP contribution in [0.2, 0.25) is 0 Å². The lowest BCUT2D eigenvalue weighted by Crippen LogP contribution is -2.53. The van der Waals surface area contributed by atoms with Gasteiger partial charge in [-0.1, -0.05) is 95.9 Å². The van der Waals surface area contributed by atoms with Crippen molar-refractivity contribution in [2.45, 2.75) is 118 Å². The van der Waals surface area contributed by atoms with Crippen LogP contribution in [-0.4, -0.2) is 24.0 Å². The van der Waals surface area contributed by atoms with Crippen molar-refractivity contribution in [1.29, 1.82) is 0 Å². The first-order chi connectivity index (χ1) is 19.1. The molecule has 5 rings (SSSR count). The third-order valence-electron chi connectivity index (χ3n) is 11.8. The van der Waals surface area contributed by atoms with E-state index in [0.717, 1.165) is 37.2 Å². The van der Waals surface area contributed by atoms with Crippen molar-refractivity contribution < 1.29 is 19.4 Å². The van der Waals surface area contributed by atoms with Crippen molar-refractivity contribution in [3.63, 3.8) is 0 Å². The van der Waals surface area contributed by atoms with Gasteiger partial charge in [-0.05, 0) is 102 Å². The minimum Gasteiger partial charge on any atom is -0.434 e. The van der Waals surface area contributed by atoms with E-state index < -0.39 is 6.16 Å². The number of fused-ring (bicyclic) bond motifs is 4. The number of benzene rings is 1. The smallest absolute Gasteiger partial charge is 0.434 e. The summed E-state index contributed by atoms with van der Waals surface area (Å²) in [7, 11) is 0. The summed E-state index contributed by atoms with van der Waals surface area (Å²) in [6, 6.07) is 9.70. The van der Waals surface area contributed by atoms with Gasteiger partial charge in [-0.25, -0.2) is 4.79 Å². The molecule has 0 saturated heterocycles. The Morgan fingerprint density at radius 2 is 1.75 bits per heavy atom. The molecule has 4 aliphatic rings. The minimum atomic E-state index is -0.573. The Bertz CT molecular complexity index is 1120. The molecular weight excluding hydrogens is 496 g/mol. The molecule has 1 aromatic rings. The highest BCUT2D eigenvalue weighted by Crippen LogP contribution is 2.66. The van der Waals surface area contributed by atoms with E-state index in [4.69, 9.17) is 9.47 Å². The SMILES string of the molecule is C[C@H](CCCCCOC(=O)OCc1ccccc1)[C@H]1CC=C2C3=C(CC[C@@]21C)[C@@]1(C)CC[C@H](O)C(C)(C)[C@@H]1CC3. The van der Waals surface area contributed by atoms with Crippen molar-refractivity contribution in [3.8, 4) is 0 Å². The fourth-order valence-electron chi connectivity index (χ4n) is 9.44. The fraction of sp³-hybridized carbons (Fsp3) is 0.694. The molecule has 4 aliphatic carbocycles. The minimum absolute atomic E-state index is 0.000893. The van der Waals surface area contributed by atoms with Gasteiger partial charge in [0.1, 0.15) is 6.61 Å². The first-order valence-corrected chi connectivity index (χ1v) is 16.0. The summed E-state index contributed by atoms with van der Waals surface area (Å²) in [5.41, 5.74) is 6.68. The maximum absolute atomic E-state index is 11.9. The molecule has 1 fully saturated rings. The van der Waals surface area contributed by atoms with Gasteiger partial charge in [0.25, 0.3) is 0 Å². The van der Waals surface area contributed by atoms with Crippen molar-refractivity contribution in [2.24, 2.45) is 34.0 Å². The topological polar surface area (TPSA) is 55.8 Å². The van der Waals surface area contributed by atoms with Gasteiger partial charge in [-0.15, -0.1) is 0 Å². The van der Waals surface area contributed by atoms with Crippen LogP contribution in [-0.2, 0) is 16.1 Å². The third-order valence-corrected chi connectivity index (χ3v) is 11.8. The van der Waals surface area contributed by atoms with Crippen molar-refractivity contribution in [3.05, 3.63) is 58.7 Å². The second-order valence-corrected chi connectivity index (χ2v) is 14.4. The fourth-order valence-corrected chi connectivity index (χ4v) is 9.44. The molecule has 1 N–H and O–H groups in total. The van der Waals surface area contributed by atoms with Crippen LogP contribution in [0.4, 0.5) is 4.79 Å². The molecule has 0 spiro atoms. The highest BCUT2D eigenvalue weighted by Gasteiger charge is 2.57. The predicted molar refractivity (Wildman–Crippen MR) is 161 cm³/mol. The Morgan fingerprint density at radius 3 is 2.52 bits per heavy atom. The number of carbonyl (C=O) groups is 1. The summed E-state index contributed by atoms with van der Waals surface area (Å²) < 4.78 is 10.5. The highest BCUT2D eigenvalue weighted by molar-refractivity contribution is 5.59. The lowest BCUT2D eigenvalue weighted by Gasteiger charge is -2.59. The van der Waals surface area contributed by atoms with E-state index in [2.05, 4.69) is 40.7 Å². The molecule has 0 bridgehead atoms. The zero-order valence-corrected chi connectivity index (χ0v) is 25.6. The van der Waals surface area contributed by atoms with Crippen molar-refractivity contribution in [1.82, 2.24) is 0 Å². The third kappa shape index (κ3) is 5.42. The molecule has 4 heteroatoms. The van der Waals surface area contributed by atoms with Gasteiger partial charge in [0.2, 0.25) is 0 Å². The molecule has 220 valence electrons. The Hall–Kier alpha value is -2.07. The standard InChI is InChI=1S/C36H52O4/c1-25(12-8-7-11-23-39-33(38)40-24-26-13-9-6-10-14-26)28-16-17-29-27-15-18-31-34(2,3)32(37)20-22-36(31,5)30(27)19-21-35(28,29)4/h6,9-10,13-14,17,25,28,31-32,37H,7-8,11-12,15-16,18-24H2,1-5H3/t25-,28-,31+,32+,35-,36-/m1/s1. The molecule has 6 atom stereocenters. The second-order valence-electron chi connectivity index (χ2n) is 14.4. The predicted octanol–water partition coefficient (Wildman–Crippen LogP) is 9.18. The number of allylic oxidation sites excluding steroid dienone is 4. The van der Waals surface area contributed by atoms with E-state index in [9.17, 15) is 9.90 Å².